The first-order valence-corrected chi connectivity index (χ1v) is 3.73. The van der Waals surface area contributed by atoms with Crippen molar-refractivity contribution in [2.75, 3.05) is 0 Å². The van der Waals surface area contributed by atoms with E-state index in [1.165, 1.54) is 12.3 Å². The molecule has 0 unspecified atom stereocenters. The van der Waals surface area contributed by atoms with Crippen LogP contribution in [-0.4, -0.2) is 21.0 Å². The fourth-order valence-electron chi connectivity index (χ4n) is 1.34. The Hall–Kier alpha value is -1.97. The first-order chi connectivity index (χ1) is 6.20. The molecule has 0 aliphatic carbocycles. The van der Waals surface area contributed by atoms with Gasteiger partial charge in [0.15, 0.2) is 0 Å². The van der Waals surface area contributed by atoms with E-state index in [4.69, 9.17) is 5.11 Å². The van der Waals surface area contributed by atoms with Gasteiger partial charge in [-0.1, -0.05) is 6.07 Å². The Kier molecular flexibility index (Phi) is 1.48. The standard InChI is InChI=1S/C9H7NO3/c11-9(12)7-2-1-3-8-6(7)4-5-10(8)13/h1-5,13H,(H,11,12). The number of carbonyl (C=O) groups is 1. The first kappa shape index (κ1) is 7.67. The number of nitrogens with zero attached hydrogens (tertiary/aromatic N) is 1. The van der Waals surface area contributed by atoms with E-state index in [9.17, 15) is 10.0 Å². The van der Waals surface area contributed by atoms with Gasteiger partial charge in [0, 0.05) is 11.6 Å². The molecule has 0 saturated heterocycles. The Morgan fingerprint density at radius 3 is 2.77 bits per heavy atom. The van der Waals surface area contributed by atoms with Crippen LogP contribution >= 0.6 is 0 Å². The normalized spacial score (nSPS) is 10.5. The number of hydrogen-bond donors (Lipinski definition) is 2. The minimum atomic E-state index is -0.989. The SMILES string of the molecule is O=C(O)c1cccc2c1ccn2O. The summed E-state index contributed by atoms with van der Waals surface area (Å²) >= 11 is 0. The van der Waals surface area contributed by atoms with Gasteiger partial charge in [0.1, 0.15) is 0 Å². The number of benzene rings is 1. The molecule has 1 aromatic carbocycles. The lowest BCUT2D eigenvalue weighted by molar-refractivity contribution is 0.0699. The molecule has 0 amide bonds. The highest BCUT2D eigenvalue weighted by Gasteiger charge is 2.09. The Balaban J connectivity index is 2.84. The third-order valence-electron chi connectivity index (χ3n) is 1.94. The van der Waals surface area contributed by atoms with Gasteiger partial charge in [-0.15, -0.1) is 0 Å². The maximum absolute atomic E-state index is 10.7. The van der Waals surface area contributed by atoms with Crippen molar-refractivity contribution < 1.29 is 15.1 Å². The molecule has 0 bridgehead atoms. The van der Waals surface area contributed by atoms with Crippen LogP contribution < -0.4 is 0 Å². The van der Waals surface area contributed by atoms with Crippen LogP contribution in [0.15, 0.2) is 30.5 Å². The Labute approximate surface area is 73.6 Å². The molecule has 1 aromatic heterocycles. The van der Waals surface area contributed by atoms with Crippen molar-refractivity contribution in [3.8, 4) is 0 Å². The van der Waals surface area contributed by atoms with Gasteiger partial charge in [0.05, 0.1) is 11.1 Å². The molecule has 4 heteroatoms. The van der Waals surface area contributed by atoms with E-state index in [0.29, 0.717) is 10.9 Å². The number of hydrogen-bond acceptors (Lipinski definition) is 2. The molecule has 66 valence electrons. The van der Waals surface area contributed by atoms with Gasteiger partial charge in [-0.05, 0) is 18.2 Å². The van der Waals surface area contributed by atoms with Crippen LogP contribution in [0.4, 0.5) is 0 Å². The molecule has 1 heterocycles. The van der Waals surface area contributed by atoms with E-state index in [1.807, 2.05) is 0 Å². The number of rotatable bonds is 1. The largest absolute Gasteiger partial charge is 0.478 e. The van der Waals surface area contributed by atoms with Crippen LogP contribution in [-0.2, 0) is 0 Å². The summed E-state index contributed by atoms with van der Waals surface area (Å²) in [5, 5.41) is 18.6. The minimum Gasteiger partial charge on any atom is -0.478 e. The molecule has 0 spiro atoms. The molecule has 2 rings (SSSR count). The molecule has 0 saturated carbocycles. The molecule has 4 nitrogen and oxygen atoms in total. The van der Waals surface area contributed by atoms with Gasteiger partial charge in [-0.25, -0.2) is 4.79 Å². The van der Waals surface area contributed by atoms with Gasteiger partial charge < -0.3 is 10.3 Å². The van der Waals surface area contributed by atoms with Gasteiger partial charge >= 0.3 is 5.97 Å². The topological polar surface area (TPSA) is 62.5 Å². The minimum absolute atomic E-state index is 0.199. The maximum atomic E-state index is 10.7. The number of carboxylic acid groups (broad SMARTS) is 1. The summed E-state index contributed by atoms with van der Waals surface area (Å²) in [6.45, 7) is 0. The number of aromatic carboxylic acids is 1. The van der Waals surface area contributed by atoms with E-state index in [-0.39, 0.29) is 5.56 Å². The number of carboxylic acids is 1. The quantitative estimate of drug-likeness (QED) is 0.650. The third kappa shape index (κ3) is 1.03. The van der Waals surface area contributed by atoms with Crippen LogP contribution in [0.2, 0.25) is 0 Å². The average Bonchev–Trinajstić information content (AvgIpc) is 2.48. The summed E-state index contributed by atoms with van der Waals surface area (Å²) in [6.07, 6.45) is 1.41. The molecule has 0 aliphatic rings. The van der Waals surface area contributed by atoms with Crippen LogP contribution in [0.25, 0.3) is 10.9 Å². The van der Waals surface area contributed by atoms with Gasteiger partial charge in [0.2, 0.25) is 0 Å². The fraction of sp³-hybridized carbons (Fsp3) is 0. The van der Waals surface area contributed by atoms with Crippen molar-refractivity contribution >= 4 is 16.9 Å². The Morgan fingerprint density at radius 1 is 1.31 bits per heavy atom. The smallest absolute Gasteiger partial charge is 0.336 e. The van der Waals surface area contributed by atoms with Crippen LogP contribution in [0.3, 0.4) is 0 Å². The predicted octanol–water partition coefficient (Wildman–Crippen LogP) is 1.58. The van der Waals surface area contributed by atoms with Crippen LogP contribution in [0.1, 0.15) is 10.4 Å². The molecule has 13 heavy (non-hydrogen) atoms. The molecule has 2 aromatic rings. The molecule has 0 atom stereocenters. The first-order valence-electron chi connectivity index (χ1n) is 3.73. The lowest BCUT2D eigenvalue weighted by Crippen LogP contribution is -1.96. The van der Waals surface area contributed by atoms with Crippen molar-refractivity contribution in [1.29, 1.82) is 0 Å². The lowest BCUT2D eigenvalue weighted by atomic mass is 10.1. The Morgan fingerprint density at radius 2 is 2.08 bits per heavy atom. The van der Waals surface area contributed by atoms with Crippen molar-refractivity contribution in [3.63, 3.8) is 0 Å². The number of aromatic nitrogens is 1. The highest BCUT2D eigenvalue weighted by Crippen LogP contribution is 2.18. The molecule has 0 fully saturated rings. The van der Waals surface area contributed by atoms with Crippen molar-refractivity contribution in [1.82, 2.24) is 4.73 Å². The second-order valence-corrected chi connectivity index (χ2v) is 2.70. The molecule has 0 radical (unpaired) electrons. The summed E-state index contributed by atoms with van der Waals surface area (Å²) < 4.78 is 0.905. The zero-order chi connectivity index (χ0) is 9.42. The molecular weight excluding hydrogens is 170 g/mol. The van der Waals surface area contributed by atoms with E-state index >= 15 is 0 Å². The van der Waals surface area contributed by atoms with Crippen molar-refractivity contribution in [2.45, 2.75) is 0 Å². The summed E-state index contributed by atoms with van der Waals surface area (Å²) in [5.41, 5.74) is 0.699. The van der Waals surface area contributed by atoms with Crippen molar-refractivity contribution in [2.24, 2.45) is 0 Å². The second-order valence-electron chi connectivity index (χ2n) is 2.70. The molecule has 0 aliphatic heterocycles. The van der Waals surface area contributed by atoms with Gasteiger partial charge in [-0.2, -0.15) is 4.73 Å². The molecule has 2 N–H and O–H groups in total. The van der Waals surface area contributed by atoms with Crippen molar-refractivity contribution in [3.05, 3.63) is 36.0 Å². The maximum Gasteiger partial charge on any atom is 0.336 e. The molecular formula is C9H7NO3. The lowest BCUT2D eigenvalue weighted by Gasteiger charge is -1.97. The monoisotopic (exact) mass is 177 g/mol. The van der Waals surface area contributed by atoms with E-state index in [1.54, 1.807) is 18.2 Å². The summed E-state index contributed by atoms with van der Waals surface area (Å²) in [4.78, 5) is 10.7. The van der Waals surface area contributed by atoms with Gasteiger partial charge in [0.25, 0.3) is 0 Å². The van der Waals surface area contributed by atoms with E-state index in [2.05, 4.69) is 0 Å². The zero-order valence-electron chi connectivity index (χ0n) is 6.64. The van der Waals surface area contributed by atoms with Crippen LogP contribution in [0.5, 0.6) is 0 Å². The predicted molar refractivity (Wildman–Crippen MR) is 46.1 cm³/mol. The second kappa shape index (κ2) is 2.52. The van der Waals surface area contributed by atoms with E-state index < -0.39 is 5.97 Å². The summed E-state index contributed by atoms with van der Waals surface area (Å²) in [7, 11) is 0. The highest BCUT2D eigenvalue weighted by atomic mass is 16.5. The Bertz CT molecular complexity index is 473. The fourth-order valence-corrected chi connectivity index (χ4v) is 1.34. The highest BCUT2D eigenvalue weighted by molar-refractivity contribution is 6.02. The third-order valence-corrected chi connectivity index (χ3v) is 1.94. The zero-order valence-corrected chi connectivity index (χ0v) is 6.64. The van der Waals surface area contributed by atoms with Crippen LogP contribution in [0, 0.1) is 0 Å². The summed E-state index contributed by atoms with van der Waals surface area (Å²) in [5.74, 6) is -0.989. The van der Waals surface area contributed by atoms with Gasteiger partial charge in [-0.3, -0.25) is 0 Å². The average molecular weight is 177 g/mol. The number of fused-ring (bicyclic) bond motifs is 1. The van der Waals surface area contributed by atoms with E-state index in [0.717, 1.165) is 4.73 Å². The summed E-state index contributed by atoms with van der Waals surface area (Å²) in [6, 6.07) is 6.32.